The molecule has 0 heterocycles. The molecule has 0 saturated carbocycles. The van der Waals surface area contributed by atoms with E-state index in [4.69, 9.17) is 9.47 Å². The topological polar surface area (TPSA) is 93.7 Å². The summed E-state index contributed by atoms with van der Waals surface area (Å²) in [6.07, 6.45) is -1.10. The van der Waals surface area contributed by atoms with Crippen LogP contribution >= 0.6 is 0 Å². The number of amides is 3. The normalized spacial score (nSPS) is 11.6. The van der Waals surface area contributed by atoms with E-state index in [1.54, 1.807) is 0 Å². The van der Waals surface area contributed by atoms with Crippen LogP contribution in [0, 0.1) is 6.92 Å². The van der Waals surface area contributed by atoms with Crippen LogP contribution in [-0.4, -0.2) is 37.7 Å². The van der Waals surface area contributed by atoms with Crippen LogP contribution in [0.5, 0.6) is 5.75 Å². The SMILES string of the molecule is CNC(=O)NC(=O)[C@H](C)OC(=O)COc1cc(C)ccc1C(C)C. The van der Waals surface area contributed by atoms with Crippen LogP contribution in [-0.2, 0) is 14.3 Å². The van der Waals surface area contributed by atoms with Gasteiger partial charge in [0.15, 0.2) is 12.7 Å². The Morgan fingerprint density at radius 1 is 1.17 bits per heavy atom. The molecule has 0 unspecified atom stereocenters. The summed E-state index contributed by atoms with van der Waals surface area (Å²) in [6, 6.07) is 5.12. The summed E-state index contributed by atoms with van der Waals surface area (Å²) in [4.78, 5) is 34.5. The van der Waals surface area contributed by atoms with Crippen LogP contribution in [0.15, 0.2) is 18.2 Å². The average molecular weight is 336 g/mol. The third kappa shape index (κ3) is 5.91. The van der Waals surface area contributed by atoms with E-state index in [-0.39, 0.29) is 12.5 Å². The maximum Gasteiger partial charge on any atom is 0.344 e. The number of carbonyl (C=O) groups excluding carboxylic acids is 3. The molecule has 132 valence electrons. The van der Waals surface area contributed by atoms with Gasteiger partial charge in [0.2, 0.25) is 0 Å². The van der Waals surface area contributed by atoms with Crippen molar-refractivity contribution in [3.8, 4) is 5.75 Å². The molecule has 1 aromatic rings. The van der Waals surface area contributed by atoms with Gasteiger partial charge in [0.1, 0.15) is 5.75 Å². The molecule has 0 aliphatic carbocycles. The minimum atomic E-state index is -1.10. The number of carbonyl (C=O) groups is 3. The fraction of sp³-hybridized carbons (Fsp3) is 0.471. The van der Waals surface area contributed by atoms with Gasteiger partial charge in [-0.3, -0.25) is 10.1 Å². The first-order chi connectivity index (χ1) is 11.2. The molecule has 0 radical (unpaired) electrons. The van der Waals surface area contributed by atoms with Crippen LogP contribution in [0.1, 0.15) is 37.8 Å². The Bertz CT molecular complexity index is 613. The smallest absolute Gasteiger partial charge is 0.344 e. The molecule has 24 heavy (non-hydrogen) atoms. The lowest BCUT2D eigenvalue weighted by atomic mass is 10.0. The van der Waals surface area contributed by atoms with Crippen LogP contribution in [0.25, 0.3) is 0 Å². The van der Waals surface area contributed by atoms with Crippen molar-refractivity contribution in [2.24, 2.45) is 0 Å². The van der Waals surface area contributed by atoms with Gasteiger partial charge in [-0.2, -0.15) is 0 Å². The van der Waals surface area contributed by atoms with Crippen LogP contribution in [0.2, 0.25) is 0 Å². The van der Waals surface area contributed by atoms with Gasteiger partial charge < -0.3 is 14.8 Å². The number of nitrogens with one attached hydrogen (secondary N) is 2. The molecule has 1 atom stereocenters. The van der Waals surface area contributed by atoms with Gasteiger partial charge in [0.25, 0.3) is 5.91 Å². The Kier molecular flexibility index (Phi) is 7.23. The lowest BCUT2D eigenvalue weighted by Gasteiger charge is -2.16. The van der Waals surface area contributed by atoms with E-state index in [0.717, 1.165) is 11.1 Å². The molecule has 2 N–H and O–H groups in total. The molecule has 3 amide bonds. The van der Waals surface area contributed by atoms with E-state index < -0.39 is 24.0 Å². The van der Waals surface area contributed by atoms with Gasteiger partial charge in [0.05, 0.1) is 0 Å². The zero-order chi connectivity index (χ0) is 18.3. The maximum atomic E-state index is 11.8. The van der Waals surface area contributed by atoms with Gasteiger partial charge >= 0.3 is 12.0 Å². The number of imide groups is 1. The van der Waals surface area contributed by atoms with Gasteiger partial charge in [-0.15, -0.1) is 0 Å². The summed E-state index contributed by atoms with van der Waals surface area (Å²) >= 11 is 0. The first-order valence-electron chi connectivity index (χ1n) is 7.70. The van der Waals surface area contributed by atoms with E-state index in [1.807, 2.05) is 44.3 Å². The highest BCUT2D eigenvalue weighted by Crippen LogP contribution is 2.27. The second kappa shape index (κ2) is 8.90. The van der Waals surface area contributed by atoms with Crippen LogP contribution in [0.3, 0.4) is 0 Å². The summed E-state index contributed by atoms with van der Waals surface area (Å²) in [5.74, 6) is -0.537. The number of rotatable bonds is 6. The Hall–Kier alpha value is -2.57. The predicted octanol–water partition coefficient (Wildman–Crippen LogP) is 1.88. The first-order valence-corrected chi connectivity index (χ1v) is 7.70. The van der Waals surface area contributed by atoms with Crippen LogP contribution < -0.4 is 15.4 Å². The molecule has 7 nitrogen and oxygen atoms in total. The molecule has 0 aliphatic rings. The second-order valence-electron chi connectivity index (χ2n) is 5.69. The summed E-state index contributed by atoms with van der Waals surface area (Å²) in [5, 5.41) is 4.27. The third-order valence-corrected chi connectivity index (χ3v) is 3.28. The third-order valence-electron chi connectivity index (χ3n) is 3.28. The summed E-state index contributed by atoms with van der Waals surface area (Å²) in [7, 11) is 1.38. The molecule has 0 aromatic heterocycles. The predicted molar refractivity (Wildman–Crippen MR) is 88.9 cm³/mol. The number of hydrogen-bond acceptors (Lipinski definition) is 5. The Morgan fingerprint density at radius 2 is 1.83 bits per heavy atom. The van der Waals surface area contributed by atoms with Crippen molar-refractivity contribution in [3.63, 3.8) is 0 Å². The molecule has 0 saturated heterocycles. The number of hydrogen-bond donors (Lipinski definition) is 2. The number of urea groups is 1. The van der Waals surface area contributed by atoms with Crippen molar-refractivity contribution >= 4 is 17.9 Å². The number of esters is 1. The molecule has 1 aromatic carbocycles. The van der Waals surface area contributed by atoms with E-state index in [1.165, 1.54) is 14.0 Å². The van der Waals surface area contributed by atoms with Gasteiger partial charge in [-0.25, -0.2) is 9.59 Å². The fourth-order valence-electron chi connectivity index (χ4n) is 1.94. The highest BCUT2D eigenvalue weighted by Gasteiger charge is 2.20. The Balaban J connectivity index is 2.59. The number of ether oxygens (including phenoxy) is 2. The van der Waals surface area contributed by atoms with Gasteiger partial charge in [-0.05, 0) is 37.0 Å². The highest BCUT2D eigenvalue weighted by atomic mass is 16.6. The van der Waals surface area contributed by atoms with E-state index in [0.29, 0.717) is 5.75 Å². The minimum Gasteiger partial charge on any atom is -0.482 e. The Labute approximate surface area is 141 Å². The largest absolute Gasteiger partial charge is 0.482 e. The van der Waals surface area contributed by atoms with Crippen molar-refractivity contribution < 1.29 is 23.9 Å². The lowest BCUT2D eigenvalue weighted by Crippen LogP contribution is -2.43. The maximum absolute atomic E-state index is 11.8. The number of aryl methyl sites for hydroxylation is 1. The summed E-state index contributed by atoms with van der Waals surface area (Å²) in [6.45, 7) is 7.05. The quantitative estimate of drug-likeness (QED) is 0.774. The van der Waals surface area contributed by atoms with Crippen LogP contribution in [0.4, 0.5) is 4.79 Å². The lowest BCUT2D eigenvalue weighted by molar-refractivity contribution is -0.156. The molecule has 1 rings (SSSR count). The van der Waals surface area contributed by atoms with Crippen molar-refractivity contribution in [2.45, 2.75) is 39.7 Å². The monoisotopic (exact) mass is 336 g/mol. The fourth-order valence-corrected chi connectivity index (χ4v) is 1.94. The first kappa shape index (κ1) is 19.5. The molecular formula is C17H24N2O5. The number of benzene rings is 1. The van der Waals surface area contributed by atoms with E-state index >= 15 is 0 Å². The minimum absolute atomic E-state index is 0.244. The standard InChI is InChI=1S/C17H24N2O5/c1-10(2)13-7-6-11(3)8-14(13)23-9-15(20)24-12(4)16(21)19-17(22)18-5/h6-8,10,12H,9H2,1-5H3,(H2,18,19,21,22)/t12-/m0/s1. The zero-order valence-corrected chi connectivity index (χ0v) is 14.6. The van der Waals surface area contributed by atoms with Gasteiger partial charge in [0, 0.05) is 7.05 Å². The summed E-state index contributed by atoms with van der Waals surface area (Å²) in [5.41, 5.74) is 2.00. The van der Waals surface area contributed by atoms with Crippen molar-refractivity contribution in [2.75, 3.05) is 13.7 Å². The molecule has 0 fully saturated rings. The molecule has 0 aliphatic heterocycles. The molecular weight excluding hydrogens is 312 g/mol. The second-order valence-corrected chi connectivity index (χ2v) is 5.69. The van der Waals surface area contributed by atoms with Crippen molar-refractivity contribution in [1.82, 2.24) is 10.6 Å². The molecule has 0 bridgehead atoms. The highest BCUT2D eigenvalue weighted by molar-refractivity contribution is 5.97. The molecule has 7 heteroatoms. The Morgan fingerprint density at radius 3 is 2.42 bits per heavy atom. The van der Waals surface area contributed by atoms with E-state index in [2.05, 4.69) is 5.32 Å². The average Bonchev–Trinajstić information content (AvgIpc) is 2.52. The molecule has 0 spiro atoms. The van der Waals surface area contributed by atoms with Crippen molar-refractivity contribution in [1.29, 1.82) is 0 Å². The van der Waals surface area contributed by atoms with E-state index in [9.17, 15) is 14.4 Å². The zero-order valence-electron chi connectivity index (χ0n) is 14.6. The van der Waals surface area contributed by atoms with Crippen molar-refractivity contribution in [3.05, 3.63) is 29.3 Å². The van der Waals surface area contributed by atoms with Gasteiger partial charge in [-0.1, -0.05) is 26.0 Å². The summed E-state index contributed by atoms with van der Waals surface area (Å²) < 4.78 is 10.5.